The van der Waals surface area contributed by atoms with E-state index in [4.69, 9.17) is 5.11 Å². The number of hydrogen-bond donors (Lipinski definition) is 2. The molecule has 0 aliphatic heterocycles. The third-order valence-corrected chi connectivity index (χ3v) is 2.70. The van der Waals surface area contributed by atoms with Crippen molar-refractivity contribution in [2.75, 3.05) is 6.54 Å². The summed E-state index contributed by atoms with van der Waals surface area (Å²) in [6.07, 6.45) is 0. The van der Waals surface area contributed by atoms with Crippen LogP contribution in [-0.4, -0.2) is 23.5 Å². The van der Waals surface area contributed by atoms with E-state index in [1.54, 1.807) is 13.8 Å². The number of amides is 1. The Morgan fingerprint density at radius 2 is 1.82 bits per heavy atom. The summed E-state index contributed by atoms with van der Waals surface area (Å²) in [7, 11) is 0. The minimum Gasteiger partial charge on any atom is -0.481 e. The zero-order valence-corrected chi connectivity index (χ0v) is 10.0. The standard InChI is InChI=1S/C13H17NO3/c1-9(13(16)17)8-14-12(15)10(2)11-6-4-3-5-7-11/h3-7,9-10H,8H2,1-2H3,(H,14,15)(H,16,17). The highest BCUT2D eigenvalue weighted by Gasteiger charge is 2.17. The number of aliphatic carboxylic acids is 1. The number of carbonyl (C=O) groups excluding carboxylic acids is 1. The second kappa shape index (κ2) is 6.03. The molecule has 0 radical (unpaired) electrons. The van der Waals surface area contributed by atoms with Gasteiger partial charge in [0.1, 0.15) is 0 Å². The highest BCUT2D eigenvalue weighted by molar-refractivity contribution is 5.83. The van der Waals surface area contributed by atoms with Gasteiger partial charge in [-0.15, -0.1) is 0 Å². The zero-order valence-electron chi connectivity index (χ0n) is 10.0. The summed E-state index contributed by atoms with van der Waals surface area (Å²) in [5, 5.41) is 11.3. The SMILES string of the molecule is CC(CNC(=O)C(C)c1ccccc1)C(=O)O. The normalized spacial score (nSPS) is 13.8. The van der Waals surface area contributed by atoms with E-state index in [0.717, 1.165) is 5.56 Å². The number of carboxylic acid groups (broad SMARTS) is 1. The van der Waals surface area contributed by atoms with Crippen LogP contribution < -0.4 is 5.32 Å². The minimum atomic E-state index is -0.905. The van der Waals surface area contributed by atoms with Gasteiger partial charge in [0.05, 0.1) is 11.8 Å². The fourth-order valence-electron chi connectivity index (χ4n) is 1.39. The molecule has 1 rings (SSSR count). The van der Waals surface area contributed by atoms with Crippen LogP contribution in [0.3, 0.4) is 0 Å². The Morgan fingerprint density at radius 1 is 1.24 bits per heavy atom. The molecule has 0 aromatic heterocycles. The van der Waals surface area contributed by atoms with Gasteiger partial charge >= 0.3 is 5.97 Å². The molecule has 0 saturated heterocycles. The molecule has 92 valence electrons. The van der Waals surface area contributed by atoms with E-state index in [1.807, 2.05) is 30.3 Å². The largest absolute Gasteiger partial charge is 0.481 e. The Kier molecular flexibility index (Phi) is 4.69. The van der Waals surface area contributed by atoms with Crippen LogP contribution in [0.4, 0.5) is 0 Å². The van der Waals surface area contributed by atoms with Crippen molar-refractivity contribution in [2.45, 2.75) is 19.8 Å². The lowest BCUT2D eigenvalue weighted by atomic mass is 10.0. The van der Waals surface area contributed by atoms with Gasteiger partial charge in [0.2, 0.25) is 5.91 Å². The molecule has 0 bridgehead atoms. The van der Waals surface area contributed by atoms with Crippen molar-refractivity contribution in [3.8, 4) is 0 Å². The lowest BCUT2D eigenvalue weighted by molar-refractivity contribution is -0.141. The quantitative estimate of drug-likeness (QED) is 0.815. The average Bonchev–Trinajstić information content (AvgIpc) is 2.35. The molecule has 2 atom stereocenters. The van der Waals surface area contributed by atoms with Crippen LogP contribution in [0.5, 0.6) is 0 Å². The van der Waals surface area contributed by atoms with Gasteiger partial charge in [-0.2, -0.15) is 0 Å². The molecule has 1 aromatic carbocycles. The van der Waals surface area contributed by atoms with E-state index in [1.165, 1.54) is 0 Å². The van der Waals surface area contributed by atoms with Crippen molar-refractivity contribution in [3.05, 3.63) is 35.9 Å². The van der Waals surface area contributed by atoms with Crippen LogP contribution in [0.25, 0.3) is 0 Å². The highest BCUT2D eigenvalue weighted by Crippen LogP contribution is 2.14. The molecule has 1 amide bonds. The van der Waals surface area contributed by atoms with Crippen molar-refractivity contribution >= 4 is 11.9 Å². The monoisotopic (exact) mass is 235 g/mol. The van der Waals surface area contributed by atoms with E-state index in [2.05, 4.69) is 5.32 Å². The molecule has 0 saturated carbocycles. The van der Waals surface area contributed by atoms with E-state index in [-0.39, 0.29) is 18.4 Å². The lowest BCUT2D eigenvalue weighted by Crippen LogP contribution is -2.34. The highest BCUT2D eigenvalue weighted by atomic mass is 16.4. The van der Waals surface area contributed by atoms with Gasteiger partial charge < -0.3 is 10.4 Å². The van der Waals surface area contributed by atoms with Gasteiger partial charge in [0.25, 0.3) is 0 Å². The van der Waals surface area contributed by atoms with Gasteiger partial charge in [-0.25, -0.2) is 0 Å². The van der Waals surface area contributed by atoms with Crippen LogP contribution in [0.2, 0.25) is 0 Å². The molecule has 4 heteroatoms. The molecular formula is C13H17NO3. The van der Waals surface area contributed by atoms with Crippen LogP contribution >= 0.6 is 0 Å². The maximum absolute atomic E-state index is 11.8. The predicted molar refractivity (Wildman–Crippen MR) is 64.7 cm³/mol. The van der Waals surface area contributed by atoms with E-state index >= 15 is 0 Å². The van der Waals surface area contributed by atoms with Crippen LogP contribution in [0, 0.1) is 5.92 Å². The first-order valence-corrected chi connectivity index (χ1v) is 5.58. The molecule has 0 aliphatic rings. The Hall–Kier alpha value is -1.84. The van der Waals surface area contributed by atoms with Crippen molar-refractivity contribution in [2.24, 2.45) is 5.92 Å². The first-order chi connectivity index (χ1) is 8.02. The molecular weight excluding hydrogens is 218 g/mol. The molecule has 17 heavy (non-hydrogen) atoms. The Morgan fingerprint density at radius 3 is 2.35 bits per heavy atom. The fraction of sp³-hybridized carbons (Fsp3) is 0.385. The Labute approximate surface area is 101 Å². The average molecular weight is 235 g/mol. The molecule has 2 N–H and O–H groups in total. The van der Waals surface area contributed by atoms with Crippen LogP contribution in [0.1, 0.15) is 25.3 Å². The van der Waals surface area contributed by atoms with Crippen LogP contribution in [-0.2, 0) is 9.59 Å². The summed E-state index contributed by atoms with van der Waals surface area (Å²) in [6.45, 7) is 3.53. The third-order valence-electron chi connectivity index (χ3n) is 2.70. The molecule has 4 nitrogen and oxygen atoms in total. The first-order valence-electron chi connectivity index (χ1n) is 5.58. The second-order valence-corrected chi connectivity index (χ2v) is 4.12. The number of carboxylic acids is 1. The van der Waals surface area contributed by atoms with Gasteiger partial charge in [-0.3, -0.25) is 9.59 Å². The molecule has 0 aliphatic carbocycles. The first kappa shape index (κ1) is 13.2. The molecule has 0 heterocycles. The number of rotatable bonds is 5. The minimum absolute atomic E-state index is 0.149. The second-order valence-electron chi connectivity index (χ2n) is 4.12. The molecule has 2 unspecified atom stereocenters. The molecule has 0 spiro atoms. The number of hydrogen-bond acceptors (Lipinski definition) is 2. The van der Waals surface area contributed by atoms with Crippen LogP contribution in [0.15, 0.2) is 30.3 Å². The number of benzene rings is 1. The summed E-state index contributed by atoms with van der Waals surface area (Å²) in [5.41, 5.74) is 0.924. The summed E-state index contributed by atoms with van der Waals surface area (Å²) in [4.78, 5) is 22.4. The van der Waals surface area contributed by atoms with E-state index in [9.17, 15) is 9.59 Å². The maximum Gasteiger partial charge on any atom is 0.308 e. The summed E-state index contributed by atoms with van der Waals surface area (Å²) in [6, 6.07) is 9.40. The van der Waals surface area contributed by atoms with Crippen molar-refractivity contribution in [1.82, 2.24) is 5.32 Å². The Bertz CT molecular complexity index is 389. The number of nitrogens with one attached hydrogen (secondary N) is 1. The lowest BCUT2D eigenvalue weighted by Gasteiger charge is -2.13. The van der Waals surface area contributed by atoms with Crippen molar-refractivity contribution < 1.29 is 14.7 Å². The fourth-order valence-corrected chi connectivity index (χ4v) is 1.39. The van der Waals surface area contributed by atoms with Crippen molar-refractivity contribution in [3.63, 3.8) is 0 Å². The smallest absolute Gasteiger partial charge is 0.308 e. The molecule has 0 fully saturated rings. The molecule has 1 aromatic rings. The summed E-state index contributed by atoms with van der Waals surface area (Å²) >= 11 is 0. The summed E-state index contributed by atoms with van der Waals surface area (Å²) < 4.78 is 0. The Balaban J connectivity index is 2.51. The van der Waals surface area contributed by atoms with Gasteiger partial charge in [-0.1, -0.05) is 37.3 Å². The zero-order chi connectivity index (χ0) is 12.8. The predicted octanol–water partition coefficient (Wildman–Crippen LogP) is 1.63. The van der Waals surface area contributed by atoms with Crippen molar-refractivity contribution in [1.29, 1.82) is 0 Å². The van der Waals surface area contributed by atoms with E-state index < -0.39 is 11.9 Å². The third kappa shape index (κ3) is 3.90. The maximum atomic E-state index is 11.8. The van der Waals surface area contributed by atoms with Gasteiger partial charge in [0.15, 0.2) is 0 Å². The van der Waals surface area contributed by atoms with Gasteiger partial charge in [-0.05, 0) is 12.5 Å². The van der Waals surface area contributed by atoms with Gasteiger partial charge in [0, 0.05) is 6.54 Å². The van der Waals surface area contributed by atoms with E-state index in [0.29, 0.717) is 0 Å². The summed E-state index contributed by atoms with van der Waals surface area (Å²) in [5.74, 6) is -1.89. The topological polar surface area (TPSA) is 66.4 Å². The number of carbonyl (C=O) groups is 2.